The van der Waals surface area contributed by atoms with Crippen molar-refractivity contribution in [3.63, 3.8) is 0 Å². The lowest BCUT2D eigenvalue weighted by Crippen LogP contribution is -2.27. The van der Waals surface area contributed by atoms with Crippen molar-refractivity contribution in [1.82, 2.24) is 0 Å². The average molecular weight is 780 g/mol. The highest BCUT2D eigenvalue weighted by atomic mass is 32.1. The molecule has 12 rings (SSSR count). The van der Waals surface area contributed by atoms with Crippen LogP contribution in [-0.2, 0) is 5.41 Å². The van der Waals surface area contributed by atoms with Gasteiger partial charge in [0.05, 0.1) is 5.69 Å². The Hall–Kier alpha value is -5.96. The molecule has 0 aliphatic heterocycles. The van der Waals surface area contributed by atoms with Gasteiger partial charge in [-0.3, -0.25) is 0 Å². The van der Waals surface area contributed by atoms with Crippen LogP contribution in [-0.4, -0.2) is 0 Å². The van der Waals surface area contributed by atoms with Crippen LogP contribution < -0.4 is 4.90 Å². The van der Waals surface area contributed by atoms with E-state index in [4.69, 9.17) is 0 Å². The largest absolute Gasteiger partial charge is 0.310 e. The summed E-state index contributed by atoms with van der Waals surface area (Å²) in [6.45, 7) is 4.95. The first kappa shape index (κ1) is 36.1. The van der Waals surface area contributed by atoms with Crippen molar-refractivity contribution in [2.45, 2.75) is 69.6 Å². The van der Waals surface area contributed by atoms with Crippen molar-refractivity contribution in [2.75, 3.05) is 4.90 Å². The van der Waals surface area contributed by atoms with E-state index in [-0.39, 0.29) is 5.41 Å². The number of anilines is 3. The molecule has 288 valence electrons. The molecule has 1 saturated carbocycles. The van der Waals surface area contributed by atoms with Crippen LogP contribution in [0.15, 0.2) is 176 Å². The Morgan fingerprint density at radius 1 is 0.475 bits per heavy atom. The van der Waals surface area contributed by atoms with Crippen LogP contribution in [0.1, 0.15) is 86.5 Å². The molecular weight excluding hydrogens is 731 g/mol. The van der Waals surface area contributed by atoms with Crippen LogP contribution in [0.5, 0.6) is 0 Å². The van der Waals surface area contributed by atoms with Gasteiger partial charge in [-0.15, -0.1) is 11.3 Å². The standard InChI is InChI=1S/C57H49NS/c1-57(2)51-27-9-7-22-45(51)38-16-11-18-40(19-12-17-38)50-37-43(35-36-52(50)57)58(53-28-13-20-39-15-3-4-23-46(39)53)42-33-31-41(32-34-42)44-21-5-6-24-47(44)48-26-14-30-55-56(48)49-25-8-10-29-54(49)59-55/h3-10,13-15,20-38,40H,11-12,16-19H2,1-2H3/t38-,40+. The summed E-state index contributed by atoms with van der Waals surface area (Å²) in [6.07, 6.45) is 7.64. The molecule has 3 aliphatic rings. The van der Waals surface area contributed by atoms with Crippen LogP contribution in [0.2, 0.25) is 0 Å². The molecule has 0 amide bonds. The predicted molar refractivity (Wildman–Crippen MR) is 254 cm³/mol. The first-order valence-electron chi connectivity index (χ1n) is 21.6. The van der Waals surface area contributed by atoms with E-state index >= 15 is 0 Å². The van der Waals surface area contributed by atoms with Gasteiger partial charge in [0.1, 0.15) is 0 Å². The Kier molecular flexibility index (Phi) is 9.00. The van der Waals surface area contributed by atoms with E-state index in [1.807, 2.05) is 11.3 Å². The van der Waals surface area contributed by atoms with Crippen LogP contribution in [0, 0.1) is 0 Å². The third-order valence-electron chi connectivity index (χ3n) is 13.8. The van der Waals surface area contributed by atoms with Gasteiger partial charge >= 0.3 is 0 Å². The molecule has 8 aromatic carbocycles. The van der Waals surface area contributed by atoms with Gasteiger partial charge in [0.15, 0.2) is 0 Å². The summed E-state index contributed by atoms with van der Waals surface area (Å²) in [4.78, 5) is 2.52. The highest BCUT2D eigenvalue weighted by Crippen LogP contribution is 2.50. The lowest BCUT2D eigenvalue weighted by Gasteiger charge is -2.38. The zero-order chi connectivity index (χ0) is 39.5. The summed E-state index contributed by atoms with van der Waals surface area (Å²) in [5.74, 6) is 1.21. The van der Waals surface area contributed by atoms with Crippen LogP contribution in [0.4, 0.5) is 17.1 Å². The van der Waals surface area contributed by atoms with Gasteiger partial charge in [-0.1, -0.05) is 160 Å². The summed E-state index contributed by atoms with van der Waals surface area (Å²) in [7, 11) is 0. The molecule has 2 heteroatoms. The first-order chi connectivity index (χ1) is 29.0. The molecule has 1 fully saturated rings. The summed E-state index contributed by atoms with van der Waals surface area (Å²) < 4.78 is 2.67. The second-order valence-electron chi connectivity index (χ2n) is 17.4. The number of benzene rings is 8. The predicted octanol–water partition coefficient (Wildman–Crippen LogP) is 16.9. The van der Waals surface area contributed by atoms with Gasteiger partial charge in [0, 0.05) is 42.3 Å². The highest BCUT2D eigenvalue weighted by molar-refractivity contribution is 7.25. The molecule has 9 aromatic rings. The fourth-order valence-electron chi connectivity index (χ4n) is 10.9. The van der Waals surface area contributed by atoms with Gasteiger partial charge in [-0.2, -0.15) is 0 Å². The SMILES string of the molecule is CC1(C)c2ccccc2[C@H]2CCC[C@H](CCC2)c2cc(N(c3ccc(-c4ccccc4-c4cccc5sc6ccccc6c45)cc3)c3cccc4ccccc34)ccc21. The van der Waals surface area contributed by atoms with E-state index in [0.717, 1.165) is 0 Å². The number of rotatable bonds is 5. The molecule has 1 nitrogen and oxygen atoms in total. The van der Waals surface area contributed by atoms with E-state index in [1.165, 1.54) is 125 Å². The minimum absolute atomic E-state index is 0.103. The second kappa shape index (κ2) is 14.7. The lowest BCUT2D eigenvalue weighted by atomic mass is 9.66. The summed E-state index contributed by atoms with van der Waals surface area (Å²) in [6, 6.07) is 66.4. The minimum Gasteiger partial charge on any atom is -0.310 e. The Morgan fingerprint density at radius 3 is 1.90 bits per heavy atom. The second-order valence-corrected chi connectivity index (χ2v) is 18.5. The molecular formula is C57H49NS. The van der Waals surface area contributed by atoms with Crippen molar-refractivity contribution >= 4 is 59.3 Å². The van der Waals surface area contributed by atoms with Gasteiger partial charge in [0.2, 0.25) is 0 Å². The van der Waals surface area contributed by atoms with E-state index in [0.29, 0.717) is 11.8 Å². The monoisotopic (exact) mass is 779 g/mol. The normalized spacial score (nSPS) is 17.4. The molecule has 0 saturated heterocycles. The molecule has 2 bridgehead atoms. The Bertz CT molecular complexity index is 2990. The minimum atomic E-state index is -0.103. The highest BCUT2D eigenvalue weighted by Gasteiger charge is 2.35. The van der Waals surface area contributed by atoms with Crippen molar-refractivity contribution < 1.29 is 0 Å². The summed E-state index contributed by atoms with van der Waals surface area (Å²) in [5.41, 5.74) is 14.6. The number of thiophene rings is 1. The van der Waals surface area contributed by atoms with E-state index in [1.54, 1.807) is 5.56 Å². The van der Waals surface area contributed by atoms with E-state index in [2.05, 4.69) is 195 Å². The number of hydrogen-bond donors (Lipinski definition) is 0. The number of hydrogen-bond acceptors (Lipinski definition) is 2. The van der Waals surface area contributed by atoms with Gasteiger partial charge in [-0.05, 0) is 130 Å². The molecule has 59 heavy (non-hydrogen) atoms. The lowest BCUT2D eigenvalue weighted by molar-refractivity contribution is 0.405. The molecule has 1 heterocycles. The first-order valence-corrected chi connectivity index (χ1v) is 22.5. The van der Waals surface area contributed by atoms with E-state index < -0.39 is 0 Å². The van der Waals surface area contributed by atoms with Crippen molar-refractivity contribution in [1.29, 1.82) is 0 Å². The zero-order valence-corrected chi connectivity index (χ0v) is 34.8. The number of nitrogens with zero attached hydrogens (tertiary/aromatic N) is 1. The Labute approximate surface area is 352 Å². The van der Waals surface area contributed by atoms with Crippen molar-refractivity contribution in [3.05, 3.63) is 198 Å². The molecule has 0 spiro atoms. The van der Waals surface area contributed by atoms with Gasteiger partial charge in [0.25, 0.3) is 0 Å². The van der Waals surface area contributed by atoms with Crippen molar-refractivity contribution in [3.8, 4) is 22.3 Å². The molecule has 1 aromatic heterocycles. The molecule has 0 atom stereocenters. The Balaban J connectivity index is 1.07. The smallest absolute Gasteiger partial charge is 0.0540 e. The maximum Gasteiger partial charge on any atom is 0.0540 e. The average Bonchev–Trinajstić information content (AvgIpc) is 3.66. The van der Waals surface area contributed by atoms with Crippen LogP contribution in [0.3, 0.4) is 0 Å². The summed E-state index contributed by atoms with van der Waals surface area (Å²) >= 11 is 1.88. The quantitative estimate of drug-likeness (QED) is 0.168. The maximum absolute atomic E-state index is 2.59. The fourth-order valence-corrected chi connectivity index (χ4v) is 12.0. The number of fused-ring (bicyclic) bond motifs is 8. The van der Waals surface area contributed by atoms with Crippen LogP contribution in [0.25, 0.3) is 53.2 Å². The van der Waals surface area contributed by atoms with Gasteiger partial charge < -0.3 is 4.90 Å². The fraction of sp³-hybridized carbons (Fsp3) is 0.193. The Morgan fingerprint density at radius 2 is 1.07 bits per heavy atom. The topological polar surface area (TPSA) is 3.24 Å². The molecule has 0 radical (unpaired) electrons. The zero-order valence-electron chi connectivity index (χ0n) is 34.0. The third kappa shape index (κ3) is 6.19. The van der Waals surface area contributed by atoms with Crippen molar-refractivity contribution in [2.24, 2.45) is 0 Å². The summed E-state index contributed by atoms with van der Waals surface area (Å²) in [5, 5.41) is 5.19. The van der Waals surface area contributed by atoms with Crippen LogP contribution >= 0.6 is 11.3 Å². The molecule has 0 N–H and O–H groups in total. The maximum atomic E-state index is 2.59. The molecule has 0 unspecified atom stereocenters. The molecule has 3 aliphatic carbocycles. The van der Waals surface area contributed by atoms with E-state index in [9.17, 15) is 0 Å². The van der Waals surface area contributed by atoms with Gasteiger partial charge in [-0.25, -0.2) is 0 Å². The third-order valence-corrected chi connectivity index (χ3v) is 14.9.